The highest BCUT2D eigenvalue weighted by Crippen LogP contribution is 2.00. The van der Waals surface area contributed by atoms with Crippen LogP contribution in [0.25, 0.3) is 0 Å². The summed E-state index contributed by atoms with van der Waals surface area (Å²) in [5, 5.41) is 9.08. The zero-order valence-corrected chi connectivity index (χ0v) is 7.04. The van der Waals surface area contributed by atoms with E-state index in [1.165, 1.54) is 0 Å². The highest BCUT2D eigenvalue weighted by Gasteiger charge is 2.03. The molecule has 0 aromatic rings. The van der Waals surface area contributed by atoms with Crippen LogP contribution in [0.2, 0.25) is 0 Å². The molecule has 68 valence electrons. The van der Waals surface area contributed by atoms with Gasteiger partial charge in [0.15, 0.2) is 0 Å². The lowest BCUT2D eigenvalue weighted by atomic mass is 10.1. The maximum atomic E-state index is 10.5. The SMILES string of the molecule is CC#C[C@@H](O)CCCC(=O)ON. The molecule has 0 heterocycles. The van der Waals surface area contributed by atoms with E-state index in [1.807, 2.05) is 0 Å². The zero-order chi connectivity index (χ0) is 9.40. The van der Waals surface area contributed by atoms with E-state index in [-0.39, 0.29) is 6.42 Å². The zero-order valence-electron chi connectivity index (χ0n) is 7.04. The Morgan fingerprint density at radius 2 is 2.42 bits per heavy atom. The average Bonchev–Trinajstić information content (AvgIpc) is 2.04. The Bertz CT molecular complexity index is 192. The third-order valence-electron chi connectivity index (χ3n) is 1.30. The van der Waals surface area contributed by atoms with Gasteiger partial charge in [0.1, 0.15) is 6.10 Å². The lowest BCUT2D eigenvalue weighted by molar-refractivity contribution is -0.144. The maximum absolute atomic E-state index is 10.5. The molecule has 0 rings (SSSR count). The topological polar surface area (TPSA) is 72.5 Å². The molecule has 12 heavy (non-hydrogen) atoms. The van der Waals surface area contributed by atoms with Crippen LogP contribution in [0.1, 0.15) is 26.2 Å². The van der Waals surface area contributed by atoms with Crippen LogP contribution < -0.4 is 5.90 Å². The molecule has 0 aliphatic carbocycles. The van der Waals surface area contributed by atoms with Gasteiger partial charge in [-0.05, 0) is 19.8 Å². The van der Waals surface area contributed by atoms with E-state index >= 15 is 0 Å². The van der Waals surface area contributed by atoms with Crippen LogP contribution >= 0.6 is 0 Å². The van der Waals surface area contributed by atoms with E-state index in [4.69, 9.17) is 5.11 Å². The monoisotopic (exact) mass is 171 g/mol. The molecule has 0 aliphatic heterocycles. The number of carbonyl (C=O) groups is 1. The number of aliphatic hydroxyl groups is 1. The highest BCUT2D eigenvalue weighted by molar-refractivity contribution is 5.68. The number of aliphatic hydroxyl groups excluding tert-OH is 1. The van der Waals surface area contributed by atoms with Crippen molar-refractivity contribution in [2.45, 2.75) is 32.3 Å². The van der Waals surface area contributed by atoms with Crippen molar-refractivity contribution >= 4 is 5.97 Å². The van der Waals surface area contributed by atoms with Crippen LogP contribution in [-0.4, -0.2) is 17.2 Å². The van der Waals surface area contributed by atoms with Gasteiger partial charge in [0.25, 0.3) is 0 Å². The Labute approximate surface area is 71.7 Å². The molecule has 0 saturated heterocycles. The maximum Gasteiger partial charge on any atom is 0.324 e. The molecular formula is C8H13NO3. The standard InChI is InChI=1S/C8H13NO3/c1-2-4-7(10)5-3-6-8(11)12-9/h7,10H,3,5-6,9H2,1H3/t7-/m1/s1. The fraction of sp³-hybridized carbons (Fsp3) is 0.625. The second-order valence-corrected chi connectivity index (χ2v) is 2.29. The lowest BCUT2D eigenvalue weighted by Crippen LogP contribution is -2.11. The van der Waals surface area contributed by atoms with Crippen molar-refractivity contribution in [2.75, 3.05) is 0 Å². The quantitative estimate of drug-likeness (QED) is 0.459. The van der Waals surface area contributed by atoms with Crippen LogP contribution in [0, 0.1) is 11.8 Å². The van der Waals surface area contributed by atoms with Crippen molar-refractivity contribution < 1.29 is 14.7 Å². The summed E-state index contributed by atoms with van der Waals surface area (Å²) in [5.41, 5.74) is 0. The fourth-order valence-corrected chi connectivity index (χ4v) is 0.737. The van der Waals surface area contributed by atoms with Gasteiger partial charge in [-0.15, -0.1) is 5.92 Å². The van der Waals surface area contributed by atoms with Gasteiger partial charge in [-0.3, -0.25) is 4.79 Å². The van der Waals surface area contributed by atoms with Crippen LogP contribution in [0.4, 0.5) is 0 Å². The second-order valence-electron chi connectivity index (χ2n) is 2.29. The van der Waals surface area contributed by atoms with Gasteiger partial charge in [0, 0.05) is 6.42 Å². The molecule has 0 saturated carbocycles. The summed E-state index contributed by atoms with van der Waals surface area (Å²) in [6.07, 6.45) is 0.571. The van der Waals surface area contributed by atoms with Crippen molar-refractivity contribution in [3.63, 3.8) is 0 Å². The first-order valence-electron chi connectivity index (χ1n) is 3.70. The molecule has 0 spiro atoms. The van der Waals surface area contributed by atoms with Crippen molar-refractivity contribution in [3.8, 4) is 11.8 Å². The third kappa shape index (κ3) is 5.71. The molecule has 4 heteroatoms. The number of carbonyl (C=O) groups excluding carboxylic acids is 1. The lowest BCUT2D eigenvalue weighted by Gasteiger charge is -2.01. The van der Waals surface area contributed by atoms with E-state index in [1.54, 1.807) is 6.92 Å². The first-order valence-corrected chi connectivity index (χ1v) is 3.70. The van der Waals surface area contributed by atoms with Gasteiger partial charge < -0.3 is 9.94 Å². The Balaban J connectivity index is 3.41. The minimum Gasteiger partial charge on any atom is -0.380 e. The number of hydrogen-bond acceptors (Lipinski definition) is 4. The average molecular weight is 171 g/mol. The van der Waals surface area contributed by atoms with Gasteiger partial charge in [0.05, 0.1) is 0 Å². The third-order valence-corrected chi connectivity index (χ3v) is 1.30. The van der Waals surface area contributed by atoms with Crippen LogP contribution in [0.5, 0.6) is 0 Å². The molecule has 0 aromatic carbocycles. The summed E-state index contributed by atoms with van der Waals surface area (Å²) in [6, 6.07) is 0. The summed E-state index contributed by atoms with van der Waals surface area (Å²) in [5.74, 6) is 9.28. The second kappa shape index (κ2) is 6.65. The first-order chi connectivity index (χ1) is 5.70. The minimum atomic E-state index is -0.652. The van der Waals surface area contributed by atoms with Gasteiger partial charge >= 0.3 is 5.97 Å². The van der Waals surface area contributed by atoms with Gasteiger partial charge in [-0.1, -0.05) is 5.92 Å². The summed E-state index contributed by atoms with van der Waals surface area (Å²) < 4.78 is 0. The van der Waals surface area contributed by atoms with Crippen LogP contribution in [0.15, 0.2) is 0 Å². The van der Waals surface area contributed by atoms with Gasteiger partial charge in [-0.25, -0.2) is 0 Å². The summed E-state index contributed by atoms with van der Waals surface area (Å²) >= 11 is 0. The minimum absolute atomic E-state index is 0.221. The highest BCUT2D eigenvalue weighted by atomic mass is 16.7. The molecule has 0 amide bonds. The van der Waals surface area contributed by atoms with Crippen molar-refractivity contribution in [1.29, 1.82) is 0 Å². The van der Waals surface area contributed by atoms with Crippen molar-refractivity contribution in [3.05, 3.63) is 0 Å². The van der Waals surface area contributed by atoms with E-state index in [0.717, 1.165) is 0 Å². The van der Waals surface area contributed by atoms with E-state index in [2.05, 4.69) is 22.6 Å². The molecule has 0 bridgehead atoms. The molecule has 0 fully saturated rings. The van der Waals surface area contributed by atoms with Crippen molar-refractivity contribution in [2.24, 2.45) is 5.90 Å². The Morgan fingerprint density at radius 3 is 2.92 bits per heavy atom. The Morgan fingerprint density at radius 1 is 1.75 bits per heavy atom. The summed E-state index contributed by atoms with van der Waals surface area (Å²) in [7, 11) is 0. The summed E-state index contributed by atoms with van der Waals surface area (Å²) in [4.78, 5) is 14.4. The Kier molecular flexibility index (Phi) is 6.07. The molecule has 1 atom stereocenters. The molecule has 3 N–H and O–H groups in total. The number of hydrogen-bond donors (Lipinski definition) is 2. The van der Waals surface area contributed by atoms with Crippen molar-refractivity contribution in [1.82, 2.24) is 0 Å². The summed E-state index contributed by atoms with van der Waals surface area (Å²) in [6.45, 7) is 1.65. The Hall–Kier alpha value is -1.05. The van der Waals surface area contributed by atoms with E-state index in [9.17, 15) is 4.79 Å². The first kappa shape index (κ1) is 11.0. The van der Waals surface area contributed by atoms with Crippen LogP contribution in [-0.2, 0) is 9.63 Å². The largest absolute Gasteiger partial charge is 0.380 e. The smallest absolute Gasteiger partial charge is 0.324 e. The van der Waals surface area contributed by atoms with E-state index in [0.29, 0.717) is 12.8 Å². The molecule has 0 aliphatic rings. The normalized spacial score (nSPS) is 11.2. The molecule has 0 radical (unpaired) electrons. The molecule has 0 unspecified atom stereocenters. The van der Waals surface area contributed by atoms with Crippen LogP contribution in [0.3, 0.4) is 0 Å². The molecule has 4 nitrogen and oxygen atoms in total. The van der Waals surface area contributed by atoms with Gasteiger partial charge in [0.2, 0.25) is 0 Å². The van der Waals surface area contributed by atoms with Gasteiger partial charge in [-0.2, -0.15) is 5.90 Å². The number of rotatable bonds is 4. The predicted octanol–water partition coefficient (Wildman–Crippen LogP) is -0.0422. The number of nitrogens with two attached hydrogens (primary N) is 1. The van der Waals surface area contributed by atoms with E-state index < -0.39 is 12.1 Å². The molecular weight excluding hydrogens is 158 g/mol. The predicted molar refractivity (Wildman–Crippen MR) is 43.6 cm³/mol. The fourth-order valence-electron chi connectivity index (χ4n) is 0.737. The molecule has 0 aromatic heterocycles.